The molecule has 0 aromatic rings. The monoisotopic (exact) mass is 766 g/mol. The third kappa shape index (κ3) is 37.8. The van der Waals surface area contributed by atoms with Crippen molar-refractivity contribution in [3.05, 3.63) is 0 Å². The van der Waals surface area contributed by atoms with E-state index in [0.717, 1.165) is 44.9 Å². The molecule has 1 amide bonds. The Hall–Kier alpha value is -1.14. The SMILES string of the molecule is CCCCCCCCCCCCCCCCC(O)C(CO)NC(=O)CC(CCCCCCCCCC)OC(=O)CCCCCCCCCCCCCCC. The lowest BCUT2D eigenvalue weighted by atomic mass is 10.0. The number of aliphatic hydroxyl groups excluding tert-OH is 2. The summed E-state index contributed by atoms with van der Waals surface area (Å²) < 4.78 is 5.90. The molecule has 0 bridgehead atoms. The largest absolute Gasteiger partial charge is 0.462 e. The Bertz CT molecular complexity index is 776. The molecule has 0 spiro atoms. The van der Waals surface area contributed by atoms with Crippen LogP contribution in [0.2, 0.25) is 0 Å². The number of aliphatic hydroxyl groups is 2. The normalized spacial score (nSPS) is 13.2. The average Bonchev–Trinajstić information content (AvgIpc) is 3.16. The summed E-state index contributed by atoms with van der Waals surface area (Å²) >= 11 is 0. The van der Waals surface area contributed by atoms with E-state index in [4.69, 9.17) is 4.74 Å². The lowest BCUT2D eigenvalue weighted by molar-refractivity contribution is -0.151. The topological polar surface area (TPSA) is 95.9 Å². The molecule has 322 valence electrons. The van der Waals surface area contributed by atoms with Gasteiger partial charge in [-0.05, 0) is 25.7 Å². The Kier molecular flexibility index (Phi) is 42.1. The van der Waals surface area contributed by atoms with Gasteiger partial charge in [-0.25, -0.2) is 0 Å². The number of unbranched alkanes of at least 4 members (excludes halogenated alkanes) is 32. The summed E-state index contributed by atoms with van der Waals surface area (Å²) in [7, 11) is 0. The standard InChI is InChI=1S/C48H95NO5/c1-4-7-10-13-16-19-21-23-25-26-28-31-34-37-40-46(51)45(43-50)49-47(52)42-44(39-36-33-30-18-15-12-9-6-3)54-48(53)41-38-35-32-29-27-24-22-20-17-14-11-8-5-2/h44-46,50-51H,4-43H2,1-3H3,(H,49,52). The highest BCUT2D eigenvalue weighted by Gasteiger charge is 2.24. The molecular weight excluding hydrogens is 671 g/mol. The van der Waals surface area contributed by atoms with Crippen molar-refractivity contribution in [3.63, 3.8) is 0 Å². The van der Waals surface area contributed by atoms with Crippen LogP contribution in [0.1, 0.15) is 271 Å². The van der Waals surface area contributed by atoms with Crippen LogP contribution in [0.25, 0.3) is 0 Å². The maximum absolute atomic E-state index is 13.1. The molecule has 3 atom stereocenters. The highest BCUT2D eigenvalue weighted by molar-refractivity contribution is 5.77. The Morgan fingerprint density at radius 1 is 0.463 bits per heavy atom. The molecular formula is C48H95NO5. The molecule has 0 aliphatic carbocycles. The third-order valence-electron chi connectivity index (χ3n) is 11.4. The first-order chi connectivity index (χ1) is 26.5. The maximum Gasteiger partial charge on any atom is 0.306 e. The van der Waals surface area contributed by atoms with E-state index in [0.29, 0.717) is 19.3 Å². The van der Waals surface area contributed by atoms with E-state index in [9.17, 15) is 19.8 Å². The van der Waals surface area contributed by atoms with E-state index < -0.39 is 18.2 Å². The number of carbonyl (C=O) groups is 2. The molecule has 0 rings (SSSR count). The second-order valence-corrected chi connectivity index (χ2v) is 16.9. The lowest BCUT2D eigenvalue weighted by Crippen LogP contribution is -2.46. The zero-order valence-corrected chi connectivity index (χ0v) is 36.6. The van der Waals surface area contributed by atoms with Crippen LogP contribution in [0.15, 0.2) is 0 Å². The molecule has 0 aliphatic heterocycles. The predicted octanol–water partition coefficient (Wildman–Crippen LogP) is 14.0. The van der Waals surface area contributed by atoms with Gasteiger partial charge in [-0.2, -0.15) is 0 Å². The summed E-state index contributed by atoms with van der Waals surface area (Å²) in [5.74, 6) is -0.459. The summed E-state index contributed by atoms with van der Waals surface area (Å²) in [4.78, 5) is 25.9. The molecule has 0 heterocycles. The number of rotatable bonds is 44. The van der Waals surface area contributed by atoms with Crippen LogP contribution in [-0.2, 0) is 14.3 Å². The minimum Gasteiger partial charge on any atom is -0.462 e. The second kappa shape index (κ2) is 43.0. The van der Waals surface area contributed by atoms with E-state index in [-0.39, 0.29) is 24.9 Å². The van der Waals surface area contributed by atoms with E-state index in [1.54, 1.807) is 0 Å². The van der Waals surface area contributed by atoms with Crippen LogP contribution in [0.3, 0.4) is 0 Å². The Morgan fingerprint density at radius 3 is 1.13 bits per heavy atom. The van der Waals surface area contributed by atoms with Crippen molar-refractivity contribution in [2.24, 2.45) is 0 Å². The highest BCUT2D eigenvalue weighted by Crippen LogP contribution is 2.18. The summed E-state index contributed by atoms with van der Waals surface area (Å²) in [5.41, 5.74) is 0. The van der Waals surface area contributed by atoms with Gasteiger partial charge in [0.2, 0.25) is 5.91 Å². The van der Waals surface area contributed by atoms with Crippen LogP contribution in [0.5, 0.6) is 0 Å². The fraction of sp³-hybridized carbons (Fsp3) is 0.958. The summed E-state index contributed by atoms with van der Waals surface area (Å²) in [6.45, 7) is 6.48. The van der Waals surface area contributed by atoms with Crippen LogP contribution >= 0.6 is 0 Å². The summed E-state index contributed by atoms with van der Waals surface area (Å²) in [6, 6.07) is -0.690. The molecule has 54 heavy (non-hydrogen) atoms. The number of hydrogen-bond donors (Lipinski definition) is 3. The lowest BCUT2D eigenvalue weighted by Gasteiger charge is -2.24. The van der Waals surface area contributed by atoms with Gasteiger partial charge in [0.25, 0.3) is 0 Å². The van der Waals surface area contributed by atoms with Gasteiger partial charge >= 0.3 is 5.97 Å². The Labute approximate surface area is 336 Å². The summed E-state index contributed by atoms with van der Waals surface area (Å²) in [6.07, 6.45) is 44.5. The molecule has 6 nitrogen and oxygen atoms in total. The third-order valence-corrected chi connectivity index (χ3v) is 11.4. The van der Waals surface area contributed by atoms with Crippen LogP contribution in [-0.4, -0.2) is 46.9 Å². The van der Waals surface area contributed by atoms with E-state index in [1.807, 2.05) is 0 Å². The Balaban J connectivity index is 4.40. The molecule has 0 aromatic carbocycles. The second-order valence-electron chi connectivity index (χ2n) is 16.9. The van der Waals surface area contributed by atoms with E-state index in [2.05, 4.69) is 26.1 Å². The molecule has 6 heteroatoms. The van der Waals surface area contributed by atoms with Crippen molar-refractivity contribution in [1.29, 1.82) is 0 Å². The van der Waals surface area contributed by atoms with Gasteiger partial charge in [-0.3, -0.25) is 9.59 Å². The van der Waals surface area contributed by atoms with Gasteiger partial charge in [0, 0.05) is 6.42 Å². The first-order valence-electron chi connectivity index (χ1n) is 24.3. The molecule has 0 fully saturated rings. The van der Waals surface area contributed by atoms with E-state index >= 15 is 0 Å². The first kappa shape index (κ1) is 52.9. The predicted molar refractivity (Wildman–Crippen MR) is 232 cm³/mol. The van der Waals surface area contributed by atoms with Gasteiger partial charge < -0.3 is 20.3 Å². The fourth-order valence-electron chi connectivity index (χ4n) is 7.73. The highest BCUT2D eigenvalue weighted by atomic mass is 16.5. The van der Waals surface area contributed by atoms with Crippen molar-refractivity contribution in [3.8, 4) is 0 Å². The van der Waals surface area contributed by atoms with Gasteiger partial charge in [0.15, 0.2) is 0 Å². The minimum atomic E-state index is -0.777. The zero-order chi connectivity index (χ0) is 39.6. The molecule has 0 aliphatic rings. The average molecular weight is 766 g/mol. The van der Waals surface area contributed by atoms with Crippen molar-refractivity contribution in [2.45, 2.75) is 289 Å². The smallest absolute Gasteiger partial charge is 0.306 e. The fourth-order valence-corrected chi connectivity index (χ4v) is 7.73. The van der Waals surface area contributed by atoms with Crippen molar-refractivity contribution in [2.75, 3.05) is 6.61 Å². The molecule has 0 radical (unpaired) electrons. The Morgan fingerprint density at radius 2 is 0.778 bits per heavy atom. The van der Waals surface area contributed by atoms with Crippen LogP contribution in [0, 0.1) is 0 Å². The number of carbonyl (C=O) groups excluding carboxylic acids is 2. The van der Waals surface area contributed by atoms with Gasteiger partial charge in [-0.1, -0.05) is 233 Å². The minimum absolute atomic E-state index is 0.0862. The molecule has 0 saturated carbocycles. The van der Waals surface area contributed by atoms with Crippen molar-refractivity contribution in [1.82, 2.24) is 5.32 Å². The number of nitrogens with one attached hydrogen (secondary N) is 1. The molecule has 3 unspecified atom stereocenters. The zero-order valence-electron chi connectivity index (χ0n) is 36.6. The van der Waals surface area contributed by atoms with E-state index in [1.165, 1.54) is 180 Å². The van der Waals surface area contributed by atoms with Gasteiger partial charge in [0.05, 0.1) is 25.2 Å². The number of amides is 1. The number of hydrogen-bond acceptors (Lipinski definition) is 5. The van der Waals surface area contributed by atoms with Gasteiger partial charge in [0.1, 0.15) is 6.10 Å². The van der Waals surface area contributed by atoms with Crippen molar-refractivity contribution < 1.29 is 24.5 Å². The molecule has 0 saturated heterocycles. The first-order valence-corrected chi connectivity index (χ1v) is 24.3. The van der Waals surface area contributed by atoms with Crippen LogP contribution in [0.4, 0.5) is 0 Å². The van der Waals surface area contributed by atoms with Gasteiger partial charge in [-0.15, -0.1) is 0 Å². The maximum atomic E-state index is 13.1. The number of ether oxygens (including phenoxy) is 1. The molecule has 3 N–H and O–H groups in total. The molecule has 0 aromatic heterocycles. The number of esters is 1. The quantitative estimate of drug-likeness (QED) is 0.0424. The van der Waals surface area contributed by atoms with Crippen LogP contribution < -0.4 is 5.32 Å². The summed E-state index contributed by atoms with van der Waals surface area (Å²) in [5, 5.41) is 23.7. The van der Waals surface area contributed by atoms with Crippen molar-refractivity contribution >= 4 is 11.9 Å².